The number of ether oxygens (including phenoxy) is 1. The number of nitrogens with one attached hydrogen (secondary N) is 1. The monoisotopic (exact) mass is 593 g/mol. The van der Waals surface area contributed by atoms with Crippen molar-refractivity contribution in [3.63, 3.8) is 0 Å². The van der Waals surface area contributed by atoms with Crippen LogP contribution in [0.15, 0.2) is 53.0 Å². The Labute approximate surface area is 228 Å². The first-order valence-electron chi connectivity index (χ1n) is 12.5. The van der Waals surface area contributed by atoms with Gasteiger partial charge in [-0.2, -0.15) is 0 Å². The number of anilines is 1. The highest BCUT2D eigenvalue weighted by Crippen LogP contribution is 2.23. The highest BCUT2D eigenvalue weighted by Gasteiger charge is 2.28. The Bertz CT molecular complexity index is 1150. The van der Waals surface area contributed by atoms with Crippen molar-refractivity contribution in [2.75, 3.05) is 24.2 Å². The number of halogens is 1. The molecule has 2 aromatic rings. The Balaban J connectivity index is 1.70. The second-order valence-corrected chi connectivity index (χ2v) is 12.3. The smallest absolute Gasteiger partial charge is 0.242 e. The summed E-state index contributed by atoms with van der Waals surface area (Å²) in [5.74, 6) is 0.273. The van der Waals surface area contributed by atoms with Crippen LogP contribution in [0.5, 0.6) is 5.75 Å². The van der Waals surface area contributed by atoms with Gasteiger partial charge in [-0.15, -0.1) is 0 Å². The first kappa shape index (κ1) is 29.0. The summed E-state index contributed by atoms with van der Waals surface area (Å²) in [4.78, 5) is 28.0. The Kier molecular flexibility index (Phi) is 10.4. The minimum absolute atomic E-state index is 0.111. The number of amides is 2. The molecule has 0 radical (unpaired) electrons. The summed E-state index contributed by atoms with van der Waals surface area (Å²) in [7, 11) is -2.01. The summed E-state index contributed by atoms with van der Waals surface area (Å²) in [5, 5.41) is 3.10. The normalized spacial score (nSPS) is 14.7. The van der Waals surface area contributed by atoms with Crippen LogP contribution in [0.3, 0.4) is 0 Å². The number of benzene rings is 2. The SMILES string of the molecule is COc1ccc(N(CCCC(=O)N(Cc2ccc(Br)cc2)[C@H](C)C(=O)NC2CCCC2)S(C)(=O)=O)cc1. The average molecular weight is 595 g/mol. The summed E-state index contributed by atoms with van der Waals surface area (Å²) in [5.41, 5.74) is 1.42. The van der Waals surface area contributed by atoms with E-state index in [1.165, 1.54) is 4.31 Å². The van der Waals surface area contributed by atoms with Crippen LogP contribution < -0.4 is 14.4 Å². The van der Waals surface area contributed by atoms with Crippen LogP contribution in [0.2, 0.25) is 0 Å². The van der Waals surface area contributed by atoms with E-state index >= 15 is 0 Å². The van der Waals surface area contributed by atoms with Crippen LogP contribution in [0.25, 0.3) is 0 Å². The van der Waals surface area contributed by atoms with Crippen molar-refractivity contribution in [1.82, 2.24) is 10.2 Å². The van der Waals surface area contributed by atoms with Gasteiger partial charge < -0.3 is 15.0 Å². The van der Waals surface area contributed by atoms with Gasteiger partial charge in [-0.25, -0.2) is 8.42 Å². The third-order valence-corrected chi connectivity index (χ3v) is 8.37. The lowest BCUT2D eigenvalue weighted by atomic mass is 10.1. The number of hydrogen-bond donors (Lipinski definition) is 1. The highest BCUT2D eigenvalue weighted by atomic mass is 79.9. The van der Waals surface area contributed by atoms with Gasteiger partial charge in [0.15, 0.2) is 0 Å². The third-order valence-electron chi connectivity index (χ3n) is 6.65. The molecule has 0 aliphatic heterocycles. The van der Waals surface area contributed by atoms with Crippen molar-refractivity contribution in [3.05, 3.63) is 58.6 Å². The second kappa shape index (κ2) is 13.3. The summed E-state index contributed by atoms with van der Waals surface area (Å²) in [6, 6.07) is 13.9. The van der Waals surface area contributed by atoms with Crippen LogP contribution in [0.4, 0.5) is 5.69 Å². The van der Waals surface area contributed by atoms with Gasteiger partial charge in [-0.1, -0.05) is 40.9 Å². The van der Waals surface area contributed by atoms with Crippen molar-refractivity contribution in [2.45, 2.75) is 64.1 Å². The molecular weight excluding hydrogens is 558 g/mol. The first-order valence-corrected chi connectivity index (χ1v) is 15.2. The molecule has 202 valence electrons. The Hall–Kier alpha value is -2.59. The molecule has 1 fully saturated rings. The lowest BCUT2D eigenvalue weighted by molar-refractivity contribution is -0.141. The molecule has 0 saturated heterocycles. The number of methoxy groups -OCH3 is 1. The highest BCUT2D eigenvalue weighted by molar-refractivity contribution is 9.10. The summed E-state index contributed by atoms with van der Waals surface area (Å²) < 4.78 is 32.3. The van der Waals surface area contributed by atoms with Gasteiger partial charge in [0, 0.05) is 30.0 Å². The zero-order valence-corrected chi connectivity index (χ0v) is 24.1. The summed E-state index contributed by atoms with van der Waals surface area (Å²) >= 11 is 3.43. The van der Waals surface area contributed by atoms with Gasteiger partial charge in [0.05, 0.1) is 19.1 Å². The molecule has 2 aromatic carbocycles. The van der Waals surface area contributed by atoms with E-state index < -0.39 is 16.1 Å². The quantitative estimate of drug-likeness (QED) is 0.391. The van der Waals surface area contributed by atoms with Crippen LogP contribution >= 0.6 is 15.9 Å². The van der Waals surface area contributed by atoms with Crippen LogP contribution in [0, 0.1) is 0 Å². The Morgan fingerprint density at radius 1 is 1.08 bits per heavy atom. The minimum Gasteiger partial charge on any atom is -0.497 e. The van der Waals surface area contributed by atoms with Crippen LogP contribution in [-0.4, -0.2) is 57.1 Å². The van der Waals surface area contributed by atoms with E-state index in [1.807, 2.05) is 24.3 Å². The molecule has 37 heavy (non-hydrogen) atoms. The number of rotatable bonds is 12. The van der Waals surface area contributed by atoms with E-state index in [2.05, 4.69) is 21.2 Å². The fraction of sp³-hybridized carbons (Fsp3) is 0.481. The van der Waals surface area contributed by atoms with Gasteiger partial charge in [0.1, 0.15) is 11.8 Å². The zero-order chi connectivity index (χ0) is 27.0. The maximum Gasteiger partial charge on any atom is 0.242 e. The minimum atomic E-state index is -3.55. The lowest BCUT2D eigenvalue weighted by Gasteiger charge is -2.30. The molecule has 1 aliphatic rings. The largest absolute Gasteiger partial charge is 0.497 e. The fourth-order valence-electron chi connectivity index (χ4n) is 4.51. The molecule has 0 aromatic heterocycles. The number of nitrogens with zero attached hydrogens (tertiary/aromatic N) is 2. The average Bonchev–Trinajstić information content (AvgIpc) is 3.38. The summed E-state index contributed by atoms with van der Waals surface area (Å²) in [6.07, 6.45) is 5.70. The molecule has 1 saturated carbocycles. The van der Waals surface area contributed by atoms with Gasteiger partial charge in [0.2, 0.25) is 21.8 Å². The predicted octanol–water partition coefficient (Wildman–Crippen LogP) is 4.48. The van der Waals surface area contributed by atoms with Gasteiger partial charge in [-0.3, -0.25) is 13.9 Å². The molecule has 1 N–H and O–H groups in total. The molecule has 10 heteroatoms. The molecule has 0 bridgehead atoms. The molecule has 2 amide bonds. The van der Waals surface area contributed by atoms with Crippen LogP contribution in [0.1, 0.15) is 51.0 Å². The standard InChI is InChI=1S/C27H36BrN3O5S/c1-20(27(33)29-23-7-4-5-8-23)30(19-21-10-12-22(28)13-11-21)26(32)9-6-18-31(37(3,34)35)24-14-16-25(36-2)17-15-24/h10-17,20,23H,4-9,18-19H2,1-3H3,(H,29,33)/t20-/m1/s1. The predicted molar refractivity (Wildman–Crippen MR) is 149 cm³/mol. The molecule has 3 rings (SSSR count). The van der Waals surface area contributed by atoms with E-state index in [0.29, 0.717) is 24.4 Å². The van der Waals surface area contributed by atoms with E-state index in [1.54, 1.807) is 43.2 Å². The van der Waals surface area contributed by atoms with Crippen molar-refractivity contribution in [3.8, 4) is 5.75 Å². The Morgan fingerprint density at radius 2 is 1.70 bits per heavy atom. The molecule has 1 atom stereocenters. The van der Waals surface area contributed by atoms with E-state index in [9.17, 15) is 18.0 Å². The lowest BCUT2D eigenvalue weighted by Crippen LogP contribution is -2.49. The third kappa shape index (κ3) is 8.46. The Morgan fingerprint density at radius 3 is 2.27 bits per heavy atom. The number of carbonyl (C=O) groups excluding carboxylic acids is 2. The second-order valence-electron chi connectivity index (χ2n) is 9.45. The topological polar surface area (TPSA) is 96.0 Å². The van der Waals surface area contributed by atoms with Crippen molar-refractivity contribution in [2.24, 2.45) is 0 Å². The molecule has 0 spiro atoms. The van der Waals surface area contributed by atoms with Gasteiger partial charge in [0.25, 0.3) is 0 Å². The van der Waals surface area contributed by atoms with E-state index in [4.69, 9.17) is 4.74 Å². The van der Waals surface area contributed by atoms with Crippen molar-refractivity contribution < 1.29 is 22.7 Å². The van der Waals surface area contributed by atoms with E-state index in [-0.39, 0.29) is 30.8 Å². The molecule has 8 nitrogen and oxygen atoms in total. The molecule has 0 unspecified atom stereocenters. The first-order chi connectivity index (χ1) is 17.6. The number of hydrogen-bond acceptors (Lipinski definition) is 5. The van der Waals surface area contributed by atoms with Gasteiger partial charge >= 0.3 is 0 Å². The number of carbonyl (C=O) groups is 2. The van der Waals surface area contributed by atoms with Gasteiger partial charge in [-0.05, 0) is 68.1 Å². The molecule has 1 aliphatic carbocycles. The zero-order valence-electron chi connectivity index (χ0n) is 21.7. The maximum atomic E-state index is 13.4. The van der Waals surface area contributed by atoms with E-state index in [0.717, 1.165) is 42.0 Å². The number of sulfonamides is 1. The molecular formula is C27H36BrN3O5S. The van der Waals surface area contributed by atoms with Crippen LogP contribution in [-0.2, 0) is 26.2 Å². The van der Waals surface area contributed by atoms with Crippen molar-refractivity contribution in [1.29, 1.82) is 0 Å². The molecule has 0 heterocycles. The maximum absolute atomic E-state index is 13.4. The fourth-order valence-corrected chi connectivity index (χ4v) is 5.74. The van der Waals surface area contributed by atoms with Crippen molar-refractivity contribution >= 4 is 43.5 Å². The summed E-state index contributed by atoms with van der Waals surface area (Å²) in [6.45, 7) is 2.19.